The van der Waals surface area contributed by atoms with Gasteiger partial charge in [-0.25, -0.2) is 8.42 Å². The van der Waals surface area contributed by atoms with Crippen molar-refractivity contribution in [1.29, 1.82) is 0 Å². The number of ketones is 1. The molecule has 2 N–H and O–H groups in total. The summed E-state index contributed by atoms with van der Waals surface area (Å²) < 4.78 is 35.6. The fourth-order valence-electron chi connectivity index (χ4n) is 4.02. The number of ether oxygens (including phenoxy) is 2. The second kappa shape index (κ2) is 9.79. The lowest BCUT2D eigenvalue weighted by Gasteiger charge is -2.33. The minimum Gasteiger partial charge on any atom is -0.485 e. The van der Waals surface area contributed by atoms with Gasteiger partial charge in [-0.15, -0.1) is 0 Å². The summed E-state index contributed by atoms with van der Waals surface area (Å²) in [5.41, 5.74) is 7.96. The highest BCUT2D eigenvalue weighted by Crippen LogP contribution is 2.35. The number of benzene rings is 3. The normalized spacial score (nSPS) is 15.4. The molecule has 1 aliphatic rings. The van der Waals surface area contributed by atoms with Gasteiger partial charge in [0.2, 0.25) is 5.91 Å². The maximum absolute atomic E-state index is 13.2. The van der Waals surface area contributed by atoms with Gasteiger partial charge in [0.1, 0.15) is 5.75 Å². The molecule has 3 aromatic rings. The van der Waals surface area contributed by atoms with Crippen molar-refractivity contribution in [2.75, 3.05) is 19.8 Å². The molecule has 176 valence electrons. The minimum absolute atomic E-state index is 0.0134. The van der Waals surface area contributed by atoms with Crippen LogP contribution in [0.4, 0.5) is 0 Å². The van der Waals surface area contributed by atoms with E-state index in [9.17, 15) is 18.0 Å². The number of sulfone groups is 1. The third-order valence-electron chi connectivity index (χ3n) is 6.06. The van der Waals surface area contributed by atoms with Crippen LogP contribution in [0.1, 0.15) is 23.2 Å². The molecule has 0 aliphatic carbocycles. The van der Waals surface area contributed by atoms with Crippen LogP contribution in [-0.4, -0.2) is 44.7 Å². The van der Waals surface area contributed by atoms with E-state index >= 15 is 0 Å². The van der Waals surface area contributed by atoms with E-state index in [1.54, 1.807) is 6.07 Å². The van der Waals surface area contributed by atoms with Crippen LogP contribution in [0, 0.1) is 0 Å². The molecule has 8 heteroatoms. The summed E-state index contributed by atoms with van der Waals surface area (Å²) in [6.07, 6.45) is 0.0267. The molecule has 1 heterocycles. The predicted octanol–water partition coefficient (Wildman–Crippen LogP) is 3.42. The Balaban J connectivity index is 1.45. The first-order chi connectivity index (χ1) is 16.3. The molecule has 1 saturated heterocycles. The van der Waals surface area contributed by atoms with E-state index in [1.807, 2.05) is 48.5 Å². The summed E-state index contributed by atoms with van der Waals surface area (Å²) in [5, 5.41) is 0. The van der Waals surface area contributed by atoms with Crippen LogP contribution < -0.4 is 10.5 Å². The first-order valence-corrected chi connectivity index (χ1v) is 12.4. The second-order valence-electron chi connectivity index (χ2n) is 8.10. The fraction of sp³-hybridized carbons (Fsp3) is 0.231. The van der Waals surface area contributed by atoms with Gasteiger partial charge in [0.05, 0.1) is 4.90 Å². The van der Waals surface area contributed by atoms with Gasteiger partial charge in [-0.05, 0) is 54.3 Å². The number of hydrogen-bond donors (Lipinski definition) is 1. The Morgan fingerprint density at radius 1 is 0.882 bits per heavy atom. The molecule has 0 unspecified atom stereocenters. The quantitative estimate of drug-likeness (QED) is 0.496. The van der Waals surface area contributed by atoms with Gasteiger partial charge in [-0.1, -0.05) is 48.5 Å². The average molecular weight is 480 g/mol. The zero-order valence-electron chi connectivity index (χ0n) is 18.5. The van der Waals surface area contributed by atoms with Crippen molar-refractivity contribution in [3.8, 4) is 16.9 Å². The summed E-state index contributed by atoms with van der Waals surface area (Å²) in [6, 6.07) is 22.7. The first kappa shape index (κ1) is 23.7. The Morgan fingerprint density at radius 2 is 1.53 bits per heavy atom. The van der Waals surface area contributed by atoms with E-state index in [1.165, 1.54) is 24.3 Å². The maximum atomic E-state index is 13.2. The standard InChI is InChI=1S/C26H25NO6S/c27-25(29)26(13-15-32-16-14-26)34(30,31)23-11-9-22(10-12-23)33-18-24(28)21-8-4-7-20(17-21)19-5-2-1-3-6-19/h1-12,17H,13-16,18H2,(H2,27,29). The summed E-state index contributed by atoms with van der Waals surface area (Å²) in [7, 11) is -4.02. The van der Waals surface area contributed by atoms with Crippen LogP contribution in [-0.2, 0) is 19.4 Å². The van der Waals surface area contributed by atoms with E-state index in [0.29, 0.717) is 11.3 Å². The largest absolute Gasteiger partial charge is 0.485 e. The van der Waals surface area contributed by atoms with Crippen molar-refractivity contribution in [3.63, 3.8) is 0 Å². The number of primary amides is 1. The van der Waals surface area contributed by atoms with E-state index in [-0.39, 0.29) is 43.3 Å². The van der Waals surface area contributed by atoms with Crippen LogP contribution in [0.25, 0.3) is 11.1 Å². The summed E-state index contributed by atoms with van der Waals surface area (Å²) in [5.74, 6) is -0.740. The molecule has 0 saturated carbocycles. The first-order valence-electron chi connectivity index (χ1n) is 10.9. The third kappa shape index (κ3) is 4.60. The summed E-state index contributed by atoms with van der Waals surface area (Å²) in [4.78, 5) is 24.8. The van der Waals surface area contributed by atoms with Crippen molar-refractivity contribution in [1.82, 2.24) is 0 Å². The van der Waals surface area contributed by atoms with Crippen LogP contribution in [0.2, 0.25) is 0 Å². The van der Waals surface area contributed by atoms with Crippen molar-refractivity contribution in [2.45, 2.75) is 22.5 Å². The van der Waals surface area contributed by atoms with E-state index in [2.05, 4.69) is 0 Å². The van der Waals surface area contributed by atoms with E-state index < -0.39 is 20.5 Å². The Hall–Kier alpha value is -3.49. The topological polar surface area (TPSA) is 113 Å². The molecule has 0 aromatic heterocycles. The molecule has 0 bridgehead atoms. The van der Waals surface area contributed by atoms with Gasteiger partial charge in [0.15, 0.2) is 27.0 Å². The SMILES string of the molecule is NC(=O)C1(S(=O)(=O)c2ccc(OCC(=O)c3cccc(-c4ccccc4)c3)cc2)CCOCC1. The lowest BCUT2D eigenvalue weighted by molar-refractivity contribution is -0.122. The number of hydrogen-bond acceptors (Lipinski definition) is 6. The smallest absolute Gasteiger partial charge is 0.239 e. The monoisotopic (exact) mass is 479 g/mol. The highest BCUT2D eigenvalue weighted by molar-refractivity contribution is 7.93. The third-order valence-corrected chi connectivity index (χ3v) is 8.59. The summed E-state index contributed by atoms with van der Waals surface area (Å²) >= 11 is 0. The van der Waals surface area contributed by atoms with E-state index in [0.717, 1.165) is 11.1 Å². The number of nitrogens with two attached hydrogens (primary N) is 1. The van der Waals surface area contributed by atoms with Gasteiger partial charge >= 0.3 is 0 Å². The van der Waals surface area contributed by atoms with Crippen LogP contribution >= 0.6 is 0 Å². The lowest BCUT2D eigenvalue weighted by atomic mass is 9.98. The Bertz CT molecular complexity index is 1280. The van der Waals surface area contributed by atoms with Crippen LogP contribution in [0.5, 0.6) is 5.75 Å². The molecule has 0 atom stereocenters. The zero-order valence-corrected chi connectivity index (χ0v) is 19.3. The number of Topliss-reactive ketones (excluding diaryl/α,β-unsaturated/α-hetero) is 1. The summed E-state index contributed by atoms with van der Waals surface area (Å²) in [6.45, 7) is 0.0980. The second-order valence-corrected chi connectivity index (χ2v) is 10.4. The van der Waals surface area contributed by atoms with Gasteiger partial charge in [0, 0.05) is 18.8 Å². The molecule has 1 amide bonds. The molecule has 0 spiro atoms. The maximum Gasteiger partial charge on any atom is 0.239 e. The molecule has 1 aliphatic heterocycles. The van der Waals surface area contributed by atoms with Gasteiger partial charge in [-0.3, -0.25) is 9.59 Å². The molecule has 7 nitrogen and oxygen atoms in total. The molecule has 3 aromatic carbocycles. The lowest BCUT2D eigenvalue weighted by Crippen LogP contribution is -2.53. The minimum atomic E-state index is -4.02. The van der Waals surface area contributed by atoms with E-state index in [4.69, 9.17) is 15.2 Å². The number of amides is 1. The van der Waals surface area contributed by atoms with Crippen LogP contribution in [0.15, 0.2) is 83.8 Å². The van der Waals surface area contributed by atoms with Crippen LogP contribution in [0.3, 0.4) is 0 Å². The fourth-order valence-corrected chi connectivity index (χ4v) is 5.94. The molecular weight excluding hydrogens is 454 g/mol. The van der Waals surface area contributed by atoms with Gasteiger partial charge < -0.3 is 15.2 Å². The number of carbonyl (C=O) groups is 2. The highest BCUT2D eigenvalue weighted by atomic mass is 32.2. The number of carbonyl (C=O) groups excluding carboxylic acids is 2. The molecule has 4 rings (SSSR count). The molecule has 34 heavy (non-hydrogen) atoms. The number of rotatable bonds is 8. The Morgan fingerprint density at radius 3 is 2.18 bits per heavy atom. The molecule has 0 radical (unpaired) electrons. The zero-order chi connectivity index (χ0) is 24.2. The van der Waals surface area contributed by atoms with Crippen molar-refractivity contribution < 1.29 is 27.5 Å². The Kier molecular flexibility index (Phi) is 6.81. The average Bonchev–Trinajstić information content (AvgIpc) is 2.88. The van der Waals surface area contributed by atoms with Crippen molar-refractivity contribution in [3.05, 3.63) is 84.4 Å². The highest BCUT2D eigenvalue weighted by Gasteiger charge is 2.51. The molecule has 1 fully saturated rings. The predicted molar refractivity (Wildman–Crippen MR) is 127 cm³/mol. The van der Waals surface area contributed by atoms with Gasteiger partial charge in [0.25, 0.3) is 0 Å². The van der Waals surface area contributed by atoms with Gasteiger partial charge in [-0.2, -0.15) is 0 Å². The van der Waals surface area contributed by atoms with Crippen molar-refractivity contribution >= 4 is 21.5 Å². The Labute approximate surface area is 198 Å². The molecular formula is C26H25NO6S. The van der Waals surface area contributed by atoms with Crippen molar-refractivity contribution in [2.24, 2.45) is 5.73 Å².